The highest BCUT2D eigenvalue weighted by Crippen LogP contribution is 2.10. The molecule has 0 saturated carbocycles. The molecular formula is C6H5ClN2O. The molecule has 10 heavy (non-hydrogen) atoms. The fraction of sp³-hybridized carbons (Fsp3) is 0. The van der Waals surface area contributed by atoms with Crippen molar-refractivity contribution < 1.29 is 5.21 Å². The number of hydrogen-bond acceptors (Lipinski definition) is 3. The van der Waals surface area contributed by atoms with Crippen LogP contribution in [0.4, 0.5) is 0 Å². The van der Waals surface area contributed by atoms with Crippen molar-refractivity contribution in [2.75, 3.05) is 0 Å². The SMILES string of the molecule is ON=Cc1cnccc1Cl. The summed E-state index contributed by atoms with van der Waals surface area (Å²) >= 11 is 5.66. The second kappa shape index (κ2) is 3.17. The molecule has 0 fully saturated rings. The Morgan fingerprint density at radius 2 is 2.50 bits per heavy atom. The van der Waals surface area contributed by atoms with Crippen molar-refractivity contribution in [3.05, 3.63) is 29.0 Å². The number of nitrogens with zero attached hydrogens (tertiary/aromatic N) is 2. The van der Waals surface area contributed by atoms with Gasteiger partial charge in [-0.1, -0.05) is 16.8 Å². The second-order valence-electron chi connectivity index (χ2n) is 1.64. The first kappa shape index (κ1) is 7.02. The molecular weight excluding hydrogens is 152 g/mol. The molecule has 1 rings (SSSR count). The predicted molar refractivity (Wildman–Crippen MR) is 38.6 cm³/mol. The van der Waals surface area contributed by atoms with Gasteiger partial charge in [0, 0.05) is 18.0 Å². The van der Waals surface area contributed by atoms with Crippen molar-refractivity contribution in [3.63, 3.8) is 0 Å². The molecule has 0 radical (unpaired) electrons. The van der Waals surface area contributed by atoms with Crippen molar-refractivity contribution in [1.82, 2.24) is 4.98 Å². The Kier molecular flexibility index (Phi) is 2.23. The van der Waals surface area contributed by atoms with Gasteiger partial charge in [0.1, 0.15) is 0 Å². The first-order chi connectivity index (χ1) is 4.84. The van der Waals surface area contributed by atoms with Crippen LogP contribution in [0.3, 0.4) is 0 Å². The zero-order valence-electron chi connectivity index (χ0n) is 5.03. The fourth-order valence-electron chi connectivity index (χ4n) is 0.547. The summed E-state index contributed by atoms with van der Waals surface area (Å²) in [6.07, 6.45) is 4.31. The van der Waals surface area contributed by atoms with Crippen molar-refractivity contribution in [2.24, 2.45) is 5.16 Å². The van der Waals surface area contributed by atoms with Crippen LogP contribution in [0.15, 0.2) is 23.6 Å². The lowest BCUT2D eigenvalue weighted by Crippen LogP contribution is -1.83. The topological polar surface area (TPSA) is 45.5 Å². The van der Waals surface area contributed by atoms with Gasteiger partial charge < -0.3 is 5.21 Å². The number of hydrogen-bond donors (Lipinski definition) is 1. The Morgan fingerprint density at radius 1 is 1.70 bits per heavy atom. The van der Waals surface area contributed by atoms with Crippen LogP contribution in [0.2, 0.25) is 5.02 Å². The van der Waals surface area contributed by atoms with E-state index >= 15 is 0 Å². The quantitative estimate of drug-likeness (QED) is 0.381. The predicted octanol–water partition coefficient (Wildman–Crippen LogP) is 1.54. The second-order valence-corrected chi connectivity index (χ2v) is 2.05. The van der Waals surface area contributed by atoms with Crippen LogP contribution in [0.5, 0.6) is 0 Å². The molecule has 3 nitrogen and oxygen atoms in total. The molecule has 0 atom stereocenters. The number of oxime groups is 1. The summed E-state index contributed by atoms with van der Waals surface area (Å²) in [5.74, 6) is 0. The minimum absolute atomic E-state index is 0.521. The van der Waals surface area contributed by atoms with Crippen LogP contribution in [0.1, 0.15) is 5.56 Å². The molecule has 0 aromatic carbocycles. The molecule has 1 N–H and O–H groups in total. The van der Waals surface area contributed by atoms with Gasteiger partial charge in [0.2, 0.25) is 0 Å². The number of halogens is 1. The molecule has 0 aliphatic heterocycles. The summed E-state index contributed by atoms with van der Waals surface area (Å²) in [4.78, 5) is 3.78. The third-order valence-electron chi connectivity index (χ3n) is 0.993. The lowest BCUT2D eigenvalue weighted by Gasteiger charge is -1.91. The van der Waals surface area contributed by atoms with Crippen LogP contribution >= 0.6 is 11.6 Å². The van der Waals surface area contributed by atoms with Crippen molar-refractivity contribution in [1.29, 1.82) is 0 Å². The maximum absolute atomic E-state index is 8.13. The molecule has 1 heterocycles. The Bertz CT molecular complexity index is 249. The normalized spacial score (nSPS) is 10.5. The maximum atomic E-state index is 8.13. The van der Waals surface area contributed by atoms with Crippen molar-refractivity contribution in [3.8, 4) is 0 Å². The molecule has 1 aromatic rings. The first-order valence-corrected chi connectivity index (χ1v) is 2.99. The van der Waals surface area contributed by atoms with E-state index in [0.717, 1.165) is 0 Å². The highest BCUT2D eigenvalue weighted by Gasteiger charge is 1.93. The van der Waals surface area contributed by atoms with Crippen LogP contribution in [-0.4, -0.2) is 16.4 Å². The minimum atomic E-state index is 0.521. The van der Waals surface area contributed by atoms with E-state index in [1.165, 1.54) is 12.4 Å². The van der Waals surface area contributed by atoms with E-state index in [4.69, 9.17) is 16.8 Å². The zero-order valence-corrected chi connectivity index (χ0v) is 5.78. The summed E-state index contributed by atoms with van der Waals surface area (Å²) < 4.78 is 0. The fourth-order valence-corrected chi connectivity index (χ4v) is 0.701. The van der Waals surface area contributed by atoms with E-state index in [0.29, 0.717) is 10.6 Å². The number of rotatable bonds is 1. The summed E-state index contributed by atoms with van der Waals surface area (Å²) in [6.45, 7) is 0. The third kappa shape index (κ3) is 1.45. The van der Waals surface area contributed by atoms with E-state index < -0.39 is 0 Å². The summed E-state index contributed by atoms with van der Waals surface area (Å²) in [5.41, 5.74) is 0.603. The van der Waals surface area contributed by atoms with Gasteiger partial charge in [-0.3, -0.25) is 4.98 Å². The minimum Gasteiger partial charge on any atom is -0.411 e. The van der Waals surface area contributed by atoms with Gasteiger partial charge in [-0.2, -0.15) is 0 Å². The lowest BCUT2D eigenvalue weighted by atomic mass is 10.3. The third-order valence-corrected chi connectivity index (χ3v) is 1.34. The molecule has 0 saturated heterocycles. The zero-order chi connectivity index (χ0) is 7.40. The highest BCUT2D eigenvalue weighted by molar-refractivity contribution is 6.32. The molecule has 52 valence electrons. The van der Waals surface area contributed by atoms with Gasteiger partial charge in [-0.25, -0.2) is 0 Å². The molecule has 0 amide bonds. The number of pyridine rings is 1. The molecule has 0 aliphatic rings. The average Bonchev–Trinajstić information content (AvgIpc) is 1.94. The van der Waals surface area contributed by atoms with Gasteiger partial charge in [-0.05, 0) is 6.07 Å². The Labute approximate surface area is 63.0 Å². The van der Waals surface area contributed by atoms with Crippen molar-refractivity contribution >= 4 is 17.8 Å². The maximum Gasteiger partial charge on any atom is 0.0764 e. The van der Waals surface area contributed by atoms with Crippen LogP contribution in [-0.2, 0) is 0 Å². The van der Waals surface area contributed by atoms with E-state index in [9.17, 15) is 0 Å². The van der Waals surface area contributed by atoms with Crippen LogP contribution in [0.25, 0.3) is 0 Å². The molecule has 1 aromatic heterocycles. The van der Waals surface area contributed by atoms with Gasteiger partial charge in [0.15, 0.2) is 0 Å². The number of aromatic nitrogens is 1. The van der Waals surface area contributed by atoms with E-state index in [1.54, 1.807) is 12.3 Å². The van der Waals surface area contributed by atoms with Gasteiger partial charge >= 0.3 is 0 Å². The Hall–Kier alpha value is -1.09. The Morgan fingerprint density at radius 3 is 3.10 bits per heavy atom. The largest absolute Gasteiger partial charge is 0.411 e. The average molecular weight is 157 g/mol. The molecule has 0 spiro atoms. The van der Waals surface area contributed by atoms with Gasteiger partial charge in [0.05, 0.1) is 11.2 Å². The smallest absolute Gasteiger partial charge is 0.0764 e. The molecule has 4 heteroatoms. The summed E-state index contributed by atoms with van der Waals surface area (Å²) in [6, 6.07) is 1.62. The van der Waals surface area contributed by atoms with Crippen LogP contribution in [0, 0.1) is 0 Å². The summed E-state index contributed by atoms with van der Waals surface area (Å²) in [7, 11) is 0. The molecule has 0 aliphatic carbocycles. The highest BCUT2D eigenvalue weighted by atomic mass is 35.5. The summed E-state index contributed by atoms with van der Waals surface area (Å²) in [5, 5.41) is 11.5. The van der Waals surface area contributed by atoms with Crippen molar-refractivity contribution in [2.45, 2.75) is 0 Å². The monoisotopic (exact) mass is 156 g/mol. The van der Waals surface area contributed by atoms with E-state index in [2.05, 4.69) is 10.1 Å². The standard InChI is InChI=1S/C6H5ClN2O/c7-6-1-2-8-3-5(6)4-9-10/h1-4,10H. The van der Waals surface area contributed by atoms with E-state index in [1.807, 2.05) is 0 Å². The van der Waals surface area contributed by atoms with Gasteiger partial charge in [0.25, 0.3) is 0 Å². The Balaban J connectivity index is 3.03. The van der Waals surface area contributed by atoms with E-state index in [-0.39, 0.29) is 0 Å². The van der Waals surface area contributed by atoms with Crippen LogP contribution < -0.4 is 0 Å². The van der Waals surface area contributed by atoms with Gasteiger partial charge in [-0.15, -0.1) is 0 Å². The molecule has 0 unspecified atom stereocenters. The first-order valence-electron chi connectivity index (χ1n) is 2.61. The lowest BCUT2D eigenvalue weighted by molar-refractivity contribution is 0.322. The molecule has 0 bridgehead atoms.